The summed E-state index contributed by atoms with van der Waals surface area (Å²) < 4.78 is 51.2. The Labute approximate surface area is 282 Å². The maximum Gasteiger partial charge on any atom is 0.425 e. The zero-order valence-electron chi connectivity index (χ0n) is 28.2. The molecule has 7 nitrogen and oxygen atoms in total. The van der Waals surface area contributed by atoms with Crippen molar-refractivity contribution in [2.75, 3.05) is 6.61 Å². The van der Waals surface area contributed by atoms with Gasteiger partial charge >= 0.3 is 18.1 Å². The number of alkyl halides is 3. The number of hydrogen-bond acceptors (Lipinski definition) is 6. The van der Waals surface area contributed by atoms with E-state index in [0.29, 0.717) is 47.7 Å². The van der Waals surface area contributed by atoms with Gasteiger partial charge in [0, 0.05) is 5.56 Å². The number of nitrogens with zero attached hydrogens (tertiary/aromatic N) is 2. The second kappa shape index (κ2) is 20.4. The van der Waals surface area contributed by atoms with Crippen molar-refractivity contribution >= 4 is 11.9 Å². The van der Waals surface area contributed by atoms with Crippen LogP contribution in [-0.2, 0) is 4.74 Å². The summed E-state index contributed by atoms with van der Waals surface area (Å²) >= 11 is 0. The summed E-state index contributed by atoms with van der Waals surface area (Å²) in [5.41, 5.74) is 1.31. The first-order valence-corrected chi connectivity index (χ1v) is 17.3. The molecule has 10 heteroatoms. The Morgan fingerprint density at radius 1 is 0.750 bits per heavy atom. The molecule has 0 bridgehead atoms. The van der Waals surface area contributed by atoms with Crippen LogP contribution in [0.2, 0.25) is 0 Å². The highest BCUT2D eigenvalue weighted by atomic mass is 19.4. The molecule has 0 spiro atoms. The molecule has 1 atom stereocenters. The van der Waals surface area contributed by atoms with Gasteiger partial charge in [-0.25, -0.2) is 19.6 Å². The molecule has 1 unspecified atom stereocenters. The summed E-state index contributed by atoms with van der Waals surface area (Å²) in [5.74, 6) is -1.33. The lowest BCUT2D eigenvalue weighted by atomic mass is 9.96. The standard InChI is InChI=1S/C38H49F3N2O5/c1-3-5-7-9-10-11-12-13-14-16-24-47-31-26-42-35(43-27-31)30-22-23-32(36(44)45)33(25-30)28-18-20-29(21-19-28)37(46)48-34(38(39,40)41)17-15-8-6-4-2/h18-23,25-27,34H,3-17,24H2,1-2H3,(H,44,45). The Morgan fingerprint density at radius 2 is 1.29 bits per heavy atom. The van der Waals surface area contributed by atoms with Crippen LogP contribution in [0.25, 0.3) is 22.5 Å². The van der Waals surface area contributed by atoms with Gasteiger partial charge in [0.25, 0.3) is 0 Å². The monoisotopic (exact) mass is 670 g/mol. The first-order valence-electron chi connectivity index (χ1n) is 17.3. The number of ether oxygens (including phenoxy) is 2. The fraction of sp³-hybridized carbons (Fsp3) is 0.526. The van der Waals surface area contributed by atoms with Gasteiger partial charge < -0.3 is 14.6 Å². The van der Waals surface area contributed by atoms with E-state index < -0.39 is 24.2 Å². The largest absolute Gasteiger partial charge is 0.490 e. The quantitative estimate of drug-likeness (QED) is 0.0839. The Balaban J connectivity index is 1.59. The Hall–Kier alpha value is -3.95. The number of carboxylic acids is 1. The topological polar surface area (TPSA) is 98.6 Å². The lowest BCUT2D eigenvalue weighted by Gasteiger charge is -2.20. The number of unbranched alkanes of at least 4 members (excludes halogenated alkanes) is 12. The molecule has 1 heterocycles. The van der Waals surface area contributed by atoms with E-state index in [1.165, 1.54) is 81.7 Å². The van der Waals surface area contributed by atoms with Crippen LogP contribution in [-0.4, -0.2) is 45.9 Å². The average Bonchev–Trinajstić information content (AvgIpc) is 3.08. The number of carboxylic acid groups (broad SMARTS) is 1. The molecule has 0 fully saturated rings. The van der Waals surface area contributed by atoms with E-state index in [2.05, 4.69) is 16.9 Å². The van der Waals surface area contributed by atoms with Crippen molar-refractivity contribution in [1.29, 1.82) is 0 Å². The number of carbonyl (C=O) groups is 2. The summed E-state index contributed by atoms with van der Waals surface area (Å²) in [4.78, 5) is 33.4. The minimum atomic E-state index is -4.67. The van der Waals surface area contributed by atoms with Crippen molar-refractivity contribution in [3.05, 3.63) is 66.0 Å². The van der Waals surface area contributed by atoms with Crippen LogP contribution in [0, 0.1) is 0 Å². The van der Waals surface area contributed by atoms with Crippen LogP contribution in [0.15, 0.2) is 54.9 Å². The van der Waals surface area contributed by atoms with Gasteiger partial charge in [-0.15, -0.1) is 0 Å². The molecular formula is C38H49F3N2O5. The molecule has 1 aromatic heterocycles. The van der Waals surface area contributed by atoms with Crippen LogP contribution in [0.5, 0.6) is 5.75 Å². The minimum Gasteiger partial charge on any atom is -0.490 e. The lowest BCUT2D eigenvalue weighted by molar-refractivity contribution is -0.206. The van der Waals surface area contributed by atoms with Gasteiger partial charge in [-0.2, -0.15) is 13.2 Å². The number of aromatic nitrogens is 2. The van der Waals surface area contributed by atoms with Crippen molar-refractivity contribution < 1.29 is 37.3 Å². The number of benzene rings is 2. The van der Waals surface area contributed by atoms with E-state index in [9.17, 15) is 27.9 Å². The van der Waals surface area contributed by atoms with E-state index in [1.807, 2.05) is 6.92 Å². The number of esters is 1. The van der Waals surface area contributed by atoms with E-state index >= 15 is 0 Å². The predicted octanol–water partition coefficient (Wildman–Crippen LogP) is 10.9. The van der Waals surface area contributed by atoms with E-state index in [0.717, 1.165) is 25.7 Å². The molecule has 3 aromatic rings. The number of carbonyl (C=O) groups excluding carboxylic acids is 1. The summed E-state index contributed by atoms with van der Waals surface area (Å²) in [5, 5.41) is 9.82. The first-order chi connectivity index (χ1) is 23.1. The fourth-order valence-corrected chi connectivity index (χ4v) is 5.46. The Bertz CT molecular complexity index is 1390. The molecule has 0 saturated carbocycles. The molecule has 262 valence electrons. The number of aromatic carboxylic acids is 1. The summed E-state index contributed by atoms with van der Waals surface area (Å²) in [7, 11) is 0. The summed E-state index contributed by atoms with van der Waals surface area (Å²) in [6, 6.07) is 10.3. The zero-order valence-corrected chi connectivity index (χ0v) is 28.2. The zero-order chi connectivity index (χ0) is 34.8. The van der Waals surface area contributed by atoms with E-state index in [4.69, 9.17) is 9.47 Å². The van der Waals surface area contributed by atoms with Gasteiger partial charge in [0.2, 0.25) is 0 Å². The van der Waals surface area contributed by atoms with Crippen molar-refractivity contribution in [2.45, 2.75) is 122 Å². The van der Waals surface area contributed by atoms with E-state index in [-0.39, 0.29) is 17.5 Å². The maximum absolute atomic E-state index is 13.5. The summed E-state index contributed by atoms with van der Waals surface area (Å²) in [6.45, 7) is 4.77. The number of halogens is 3. The van der Waals surface area contributed by atoms with Crippen molar-refractivity contribution in [2.24, 2.45) is 0 Å². The molecule has 0 aliphatic heterocycles. The first kappa shape index (κ1) is 38.5. The highest BCUT2D eigenvalue weighted by Crippen LogP contribution is 2.31. The molecule has 1 N–H and O–H groups in total. The van der Waals surface area contributed by atoms with Crippen molar-refractivity contribution in [3.8, 4) is 28.3 Å². The van der Waals surface area contributed by atoms with Crippen molar-refractivity contribution in [3.63, 3.8) is 0 Å². The molecular weight excluding hydrogens is 621 g/mol. The van der Waals surface area contributed by atoms with Gasteiger partial charge in [-0.1, -0.05) is 109 Å². The molecule has 3 rings (SSSR count). The molecule has 0 amide bonds. The average molecular weight is 671 g/mol. The third-order valence-corrected chi connectivity index (χ3v) is 8.27. The smallest absolute Gasteiger partial charge is 0.425 e. The maximum atomic E-state index is 13.5. The SMILES string of the molecule is CCCCCCCCCCCCOc1cnc(-c2ccc(C(=O)O)c(-c3ccc(C(=O)OC(CCCCCC)C(F)(F)F)cc3)c2)nc1. The highest BCUT2D eigenvalue weighted by molar-refractivity contribution is 5.97. The van der Waals surface area contributed by atoms with Crippen molar-refractivity contribution in [1.82, 2.24) is 9.97 Å². The van der Waals surface area contributed by atoms with Crippen LogP contribution >= 0.6 is 0 Å². The van der Waals surface area contributed by atoms with Crippen LogP contribution in [0.3, 0.4) is 0 Å². The highest BCUT2D eigenvalue weighted by Gasteiger charge is 2.42. The van der Waals surface area contributed by atoms with Gasteiger partial charge in [0.15, 0.2) is 17.7 Å². The summed E-state index contributed by atoms with van der Waals surface area (Å²) in [6.07, 6.45) is 11.0. The minimum absolute atomic E-state index is 0.00902. The predicted molar refractivity (Wildman–Crippen MR) is 181 cm³/mol. The number of hydrogen-bond donors (Lipinski definition) is 1. The van der Waals surface area contributed by atoms with Gasteiger partial charge in [-0.3, -0.25) is 0 Å². The normalized spacial score (nSPS) is 12.1. The third kappa shape index (κ3) is 12.9. The molecule has 0 aliphatic carbocycles. The van der Waals surface area contributed by atoms with Gasteiger partial charge in [0.1, 0.15) is 0 Å². The van der Waals surface area contributed by atoms with Gasteiger partial charge in [0.05, 0.1) is 30.1 Å². The molecule has 48 heavy (non-hydrogen) atoms. The second-order valence-corrected chi connectivity index (χ2v) is 12.2. The third-order valence-electron chi connectivity index (χ3n) is 8.27. The molecule has 0 radical (unpaired) electrons. The second-order valence-electron chi connectivity index (χ2n) is 12.2. The van der Waals surface area contributed by atoms with Crippen LogP contribution in [0.4, 0.5) is 13.2 Å². The number of rotatable bonds is 22. The Kier molecular flexibility index (Phi) is 16.4. The van der Waals surface area contributed by atoms with Gasteiger partial charge in [-0.05, 0) is 54.7 Å². The lowest BCUT2D eigenvalue weighted by Crippen LogP contribution is -2.33. The van der Waals surface area contributed by atoms with Crippen LogP contribution < -0.4 is 4.74 Å². The molecule has 0 saturated heterocycles. The molecule has 0 aliphatic rings. The Morgan fingerprint density at radius 3 is 1.85 bits per heavy atom. The molecule has 2 aromatic carbocycles. The van der Waals surface area contributed by atoms with Crippen LogP contribution in [0.1, 0.15) is 131 Å². The van der Waals surface area contributed by atoms with E-state index in [1.54, 1.807) is 24.5 Å². The fourth-order valence-electron chi connectivity index (χ4n) is 5.46.